The normalized spacial score (nSPS) is 18.7. The summed E-state index contributed by atoms with van der Waals surface area (Å²) in [5.41, 5.74) is 0.955. The number of amides is 1. The van der Waals surface area contributed by atoms with Gasteiger partial charge in [-0.15, -0.1) is 11.8 Å². The van der Waals surface area contributed by atoms with Crippen LogP contribution in [0.1, 0.15) is 24.8 Å². The van der Waals surface area contributed by atoms with Crippen LogP contribution in [0.4, 0.5) is 0 Å². The van der Waals surface area contributed by atoms with Crippen LogP contribution in [0, 0.1) is 0 Å². The number of carbonyl (C=O) groups excluding carboxylic acids is 2. The lowest BCUT2D eigenvalue weighted by Gasteiger charge is -2.28. The lowest BCUT2D eigenvalue weighted by molar-refractivity contribution is -0.149. The van der Waals surface area contributed by atoms with E-state index in [4.69, 9.17) is 16.3 Å². The summed E-state index contributed by atoms with van der Waals surface area (Å²) in [5, 5.41) is 0.598. The molecule has 1 aliphatic rings. The summed E-state index contributed by atoms with van der Waals surface area (Å²) in [6.45, 7) is 4.70. The zero-order chi connectivity index (χ0) is 17.7. The van der Waals surface area contributed by atoms with Gasteiger partial charge in [-0.05, 0) is 27.0 Å². The van der Waals surface area contributed by atoms with E-state index in [0.29, 0.717) is 18.2 Å². The Balaban J connectivity index is 2.03. The zero-order valence-electron chi connectivity index (χ0n) is 14.2. The average molecular weight is 371 g/mol. The number of ether oxygens (including phenoxy) is 1. The van der Waals surface area contributed by atoms with Gasteiger partial charge >= 0.3 is 5.97 Å². The van der Waals surface area contributed by atoms with Crippen LogP contribution < -0.4 is 0 Å². The number of likely N-dealkylation sites (N-methyl/N-ethyl adjacent to an activating group) is 1. The molecule has 1 aromatic rings. The molecule has 0 bridgehead atoms. The third-order valence-corrected chi connectivity index (χ3v) is 5.64. The molecule has 1 aromatic carbocycles. The molecule has 2 unspecified atom stereocenters. The number of rotatable bonds is 6. The predicted octanol–water partition coefficient (Wildman–Crippen LogP) is 2.80. The number of benzene rings is 1. The second-order valence-electron chi connectivity index (χ2n) is 5.67. The maximum absolute atomic E-state index is 12.7. The van der Waals surface area contributed by atoms with Crippen molar-refractivity contribution in [2.45, 2.75) is 25.3 Å². The molecule has 1 aliphatic heterocycles. The predicted molar refractivity (Wildman–Crippen MR) is 97.1 cm³/mol. The summed E-state index contributed by atoms with van der Waals surface area (Å²) >= 11 is 7.99. The highest BCUT2D eigenvalue weighted by atomic mass is 35.5. The van der Waals surface area contributed by atoms with Crippen molar-refractivity contribution in [2.24, 2.45) is 0 Å². The molecule has 7 heteroatoms. The number of hydrogen-bond donors (Lipinski definition) is 0. The van der Waals surface area contributed by atoms with Crippen LogP contribution in [0.5, 0.6) is 0 Å². The van der Waals surface area contributed by atoms with Gasteiger partial charge in [-0.2, -0.15) is 0 Å². The second kappa shape index (κ2) is 8.74. The molecule has 1 fully saturated rings. The van der Waals surface area contributed by atoms with Gasteiger partial charge in [-0.3, -0.25) is 14.5 Å². The molecule has 2 atom stereocenters. The highest BCUT2D eigenvalue weighted by Crippen LogP contribution is 2.40. The lowest BCUT2D eigenvalue weighted by atomic mass is 10.2. The lowest BCUT2D eigenvalue weighted by Crippen LogP contribution is -2.44. The van der Waals surface area contributed by atoms with E-state index in [1.165, 1.54) is 0 Å². The highest BCUT2D eigenvalue weighted by Gasteiger charge is 2.33. The van der Waals surface area contributed by atoms with Gasteiger partial charge in [0.1, 0.15) is 11.4 Å². The monoisotopic (exact) mass is 370 g/mol. The van der Waals surface area contributed by atoms with Crippen molar-refractivity contribution in [3.63, 3.8) is 0 Å². The molecule has 1 saturated heterocycles. The van der Waals surface area contributed by atoms with Gasteiger partial charge in [-0.1, -0.05) is 29.8 Å². The Labute approximate surface area is 152 Å². The molecule has 0 aliphatic carbocycles. The highest BCUT2D eigenvalue weighted by molar-refractivity contribution is 7.99. The maximum atomic E-state index is 12.7. The topological polar surface area (TPSA) is 49.9 Å². The number of esters is 1. The summed E-state index contributed by atoms with van der Waals surface area (Å²) in [4.78, 5) is 28.1. The Morgan fingerprint density at radius 3 is 2.83 bits per heavy atom. The first kappa shape index (κ1) is 19.1. The molecular weight excluding hydrogens is 348 g/mol. The molecule has 132 valence electrons. The summed E-state index contributed by atoms with van der Waals surface area (Å²) < 4.78 is 5.01. The summed E-state index contributed by atoms with van der Waals surface area (Å²) in [6, 6.07) is 7.15. The fourth-order valence-corrected chi connectivity index (χ4v) is 4.16. The van der Waals surface area contributed by atoms with Crippen LogP contribution in [0.3, 0.4) is 0 Å². The Bertz CT molecular complexity index is 599. The van der Waals surface area contributed by atoms with E-state index < -0.39 is 6.04 Å². The minimum atomic E-state index is -0.456. The quantitative estimate of drug-likeness (QED) is 0.721. The third-order valence-electron chi connectivity index (χ3n) is 4.06. The molecule has 1 amide bonds. The van der Waals surface area contributed by atoms with Gasteiger partial charge in [0.05, 0.1) is 13.2 Å². The minimum absolute atomic E-state index is 0.0106. The summed E-state index contributed by atoms with van der Waals surface area (Å²) in [7, 11) is 1.76. The molecule has 0 aromatic heterocycles. The molecule has 1 heterocycles. The van der Waals surface area contributed by atoms with Crippen LogP contribution in [-0.2, 0) is 14.3 Å². The minimum Gasteiger partial charge on any atom is -0.465 e. The van der Waals surface area contributed by atoms with Crippen LogP contribution in [-0.4, -0.2) is 60.2 Å². The first-order chi connectivity index (χ1) is 11.5. The van der Waals surface area contributed by atoms with E-state index in [1.807, 2.05) is 29.2 Å². The van der Waals surface area contributed by atoms with Gasteiger partial charge in [0, 0.05) is 22.9 Å². The molecule has 0 radical (unpaired) electrons. The molecular formula is C17H23ClN2O3S. The molecule has 2 rings (SSSR count). The third kappa shape index (κ3) is 4.43. The van der Waals surface area contributed by atoms with Crippen molar-refractivity contribution in [3.05, 3.63) is 34.9 Å². The molecule has 0 spiro atoms. The van der Waals surface area contributed by atoms with E-state index in [9.17, 15) is 9.59 Å². The fraction of sp³-hybridized carbons (Fsp3) is 0.529. The zero-order valence-corrected chi connectivity index (χ0v) is 15.8. The summed E-state index contributed by atoms with van der Waals surface area (Å²) in [6.07, 6.45) is 0. The van der Waals surface area contributed by atoms with Crippen LogP contribution in [0.15, 0.2) is 24.3 Å². The molecule has 0 N–H and O–H groups in total. The number of halogens is 1. The van der Waals surface area contributed by atoms with Crippen molar-refractivity contribution >= 4 is 35.2 Å². The maximum Gasteiger partial charge on any atom is 0.323 e. The largest absolute Gasteiger partial charge is 0.465 e. The number of carbonyl (C=O) groups is 2. The fourth-order valence-electron chi connectivity index (χ4n) is 2.54. The number of nitrogens with zero attached hydrogens (tertiary/aromatic N) is 2. The van der Waals surface area contributed by atoms with Crippen molar-refractivity contribution in [2.75, 3.05) is 32.5 Å². The van der Waals surface area contributed by atoms with Crippen LogP contribution in [0.2, 0.25) is 5.02 Å². The van der Waals surface area contributed by atoms with Gasteiger partial charge in [0.15, 0.2) is 0 Å². The van der Waals surface area contributed by atoms with E-state index in [0.717, 1.165) is 11.3 Å². The van der Waals surface area contributed by atoms with Crippen molar-refractivity contribution in [1.29, 1.82) is 0 Å². The molecule has 0 saturated carbocycles. The van der Waals surface area contributed by atoms with Gasteiger partial charge in [-0.25, -0.2) is 0 Å². The van der Waals surface area contributed by atoms with Gasteiger partial charge in [0.2, 0.25) is 5.91 Å². The Morgan fingerprint density at radius 1 is 1.46 bits per heavy atom. The standard InChI is InChI=1S/C17H23ClN2O3S/c1-4-23-17(22)12(2)19(3)11-15(21)20-9-10-24-16(20)13-7-5-6-8-14(13)18/h5-8,12,16H,4,9-11H2,1-3H3. The number of thioether (sulfide) groups is 1. The van der Waals surface area contributed by atoms with Gasteiger partial charge in [0.25, 0.3) is 0 Å². The van der Waals surface area contributed by atoms with E-state index >= 15 is 0 Å². The van der Waals surface area contributed by atoms with Crippen LogP contribution in [0.25, 0.3) is 0 Å². The second-order valence-corrected chi connectivity index (χ2v) is 7.27. The number of hydrogen-bond acceptors (Lipinski definition) is 5. The Morgan fingerprint density at radius 2 is 2.17 bits per heavy atom. The average Bonchev–Trinajstić information content (AvgIpc) is 3.04. The van der Waals surface area contributed by atoms with Crippen molar-refractivity contribution in [3.8, 4) is 0 Å². The SMILES string of the molecule is CCOC(=O)C(C)N(C)CC(=O)N1CCSC1c1ccccc1Cl. The van der Waals surface area contributed by atoms with Crippen LogP contribution >= 0.6 is 23.4 Å². The van der Waals surface area contributed by atoms with E-state index in [-0.39, 0.29) is 23.8 Å². The molecule has 5 nitrogen and oxygen atoms in total. The first-order valence-electron chi connectivity index (χ1n) is 7.98. The Hall–Kier alpha value is -1.24. The Kier molecular flexibility index (Phi) is 6.95. The smallest absolute Gasteiger partial charge is 0.323 e. The van der Waals surface area contributed by atoms with E-state index in [1.54, 1.807) is 37.6 Å². The first-order valence-corrected chi connectivity index (χ1v) is 9.40. The van der Waals surface area contributed by atoms with Gasteiger partial charge < -0.3 is 9.64 Å². The van der Waals surface area contributed by atoms with Crippen molar-refractivity contribution in [1.82, 2.24) is 9.80 Å². The summed E-state index contributed by atoms with van der Waals surface area (Å²) in [5.74, 6) is 0.550. The molecule has 24 heavy (non-hydrogen) atoms. The van der Waals surface area contributed by atoms with Crippen molar-refractivity contribution < 1.29 is 14.3 Å². The van der Waals surface area contributed by atoms with E-state index in [2.05, 4.69) is 0 Å².